The Morgan fingerprint density at radius 2 is 2.04 bits per heavy atom. The molecule has 0 aliphatic rings. The molecule has 7 heteroatoms. The van der Waals surface area contributed by atoms with Crippen LogP contribution in [0.4, 0.5) is 10.1 Å². The topological polar surface area (TPSA) is 74.6 Å². The predicted molar refractivity (Wildman–Crippen MR) is 88.2 cm³/mol. The number of benzene rings is 1. The number of amides is 2. The minimum atomic E-state index is -0.724. The number of hydrogen-bond donors (Lipinski definition) is 2. The Kier molecular flexibility index (Phi) is 5.57. The van der Waals surface area contributed by atoms with Crippen LogP contribution in [0.15, 0.2) is 41.2 Å². The highest BCUT2D eigenvalue weighted by atomic mass is 19.1. The first-order valence-electron chi connectivity index (χ1n) is 7.45. The van der Waals surface area contributed by atoms with Gasteiger partial charge in [0.1, 0.15) is 18.1 Å². The zero-order valence-corrected chi connectivity index (χ0v) is 13.8. The van der Waals surface area contributed by atoms with Gasteiger partial charge in [0.15, 0.2) is 0 Å². The number of halogens is 1. The number of rotatable bonds is 6. The van der Waals surface area contributed by atoms with Gasteiger partial charge < -0.3 is 20.0 Å². The van der Waals surface area contributed by atoms with Gasteiger partial charge in [-0.1, -0.05) is 6.07 Å². The highest BCUT2D eigenvalue weighted by Crippen LogP contribution is 2.18. The molecule has 0 saturated carbocycles. The maximum Gasteiger partial charge on any atom is 0.255 e. The third-order valence-corrected chi connectivity index (χ3v) is 3.48. The van der Waals surface area contributed by atoms with E-state index in [1.807, 2.05) is 0 Å². The maximum absolute atomic E-state index is 13.9. The van der Waals surface area contributed by atoms with E-state index in [2.05, 4.69) is 10.6 Å². The Bertz CT molecular complexity index is 714. The number of furan rings is 1. The zero-order chi connectivity index (χ0) is 17.7. The Balaban J connectivity index is 1.88. The summed E-state index contributed by atoms with van der Waals surface area (Å²) in [4.78, 5) is 25.5. The average Bonchev–Trinajstić information content (AvgIpc) is 3.06. The number of nitrogens with zero attached hydrogens (tertiary/aromatic N) is 1. The first-order chi connectivity index (χ1) is 11.4. The summed E-state index contributed by atoms with van der Waals surface area (Å²) in [5.74, 6) is -1.11. The number of nitrogens with one attached hydrogen (secondary N) is 2. The summed E-state index contributed by atoms with van der Waals surface area (Å²) in [5.41, 5.74) is 1.46. The van der Waals surface area contributed by atoms with Crippen LogP contribution >= 0.6 is 0 Å². The van der Waals surface area contributed by atoms with Crippen molar-refractivity contribution < 1.29 is 18.4 Å². The summed E-state index contributed by atoms with van der Waals surface area (Å²) >= 11 is 0. The van der Waals surface area contributed by atoms with Crippen LogP contribution in [0.3, 0.4) is 0 Å². The van der Waals surface area contributed by atoms with Crippen molar-refractivity contribution in [2.75, 3.05) is 19.0 Å². The van der Waals surface area contributed by atoms with Gasteiger partial charge in [0.2, 0.25) is 5.91 Å². The second-order valence-corrected chi connectivity index (χ2v) is 5.61. The molecule has 1 aromatic heterocycles. The molecule has 0 aliphatic heterocycles. The van der Waals surface area contributed by atoms with Gasteiger partial charge in [0.05, 0.1) is 17.5 Å². The molecule has 2 amide bonds. The van der Waals surface area contributed by atoms with Crippen molar-refractivity contribution in [2.45, 2.75) is 19.5 Å². The van der Waals surface area contributed by atoms with Gasteiger partial charge in [-0.3, -0.25) is 9.59 Å². The van der Waals surface area contributed by atoms with Crippen molar-refractivity contribution in [1.82, 2.24) is 10.6 Å². The Labute approximate surface area is 139 Å². The fourth-order valence-corrected chi connectivity index (χ4v) is 2.10. The average molecular weight is 333 g/mol. The van der Waals surface area contributed by atoms with Gasteiger partial charge in [-0.25, -0.2) is 4.39 Å². The van der Waals surface area contributed by atoms with Crippen molar-refractivity contribution in [1.29, 1.82) is 0 Å². The Morgan fingerprint density at radius 3 is 2.62 bits per heavy atom. The molecule has 0 bridgehead atoms. The molecule has 1 heterocycles. The molecule has 6 nitrogen and oxygen atoms in total. The van der Waals surface area contributed by atoms with E-state index >= 15 is 0 Å². The van der Waals surface area contributed by atoms with Crippen LogP contribution in [0.1, 0.15) is 22.8 Å². The lowest BCUT2D eigenvalue weighted by atomic mass is 10.2. The number of anilines is 1. The van der Waals surface area contributed by atoms with Crippen LogP contribution in [-0.4, -0.2) is 32.0 Å². The normalized spacial score (nSPS) is 11.7. The smallest absolute Gasteiger partial charge is 0.255 e. The van der Waals surface area contributed by atoms with Gasteiger partial charge in [0.25, 0.3) is 5.91 Å². The molecule has 0 saturated heterocycles. The summed E-state index contributed by atoms with van der Waals surface area (Å²) in [6, 6.07) is 5.56. The van der Waals surface area contributed by atoms with Crippen LogP contribution in [0, 0.1) is 5.82 Å². The van der Waals surface area contributed by atoms with E-state index in [1.54, 1.807) is 38.1 Å². The van der Waals surface area contributed by atoms with Crippen LogP contribution in [-0.2, 0) is 11.3 Å². The van der Waals surface area contributed by atoms with Crippen LogP contribution in [0.2, 0.25) is 0 Å². The Hall–Kier alpha value is -2.83. The van der Waals surface area contributed by atoms with Crippen molar-refractivity contribution >= 4 is 17.5 Å². The van der Waals surface area contributed by atoms with Gasteiger partial charge in [-0.05, 0) is 30.7 Å². The second-order valence-electron chi connectivity index (χ2n) is 5.61. The lowest BCUT2D eigenvalue weighted by Gasteiger charge is -2.16. The Morgan fingerprint density at radius 1 is 1.29 bits per heavy atom. The molecule has 0 fully saturated rings. The second kappa shape index (κ2) is 7.63. The molecule has 2 rings (SSSR count). The van der Waals surface area contributed by atoms with Gasteiger partial charge in [0, 0.05) is 20.6 Å². The number of hydrogen-bond acceptors (Lipinski definition) is 4. The molecular weight excluding hydrogens is 313 g/mol. The largest absolute Gasteiger partial charge is 0.472 e. The zero-order valence-electron chi connectivity index (χ0n) is 13.8. The van der Waals surface area contributed by atoms with E-state index in [9.17, 15) is 14.0 Å². The highest BCUT2D eigenvalue weighted by molar-refractivity contribution is 5.97. The first kappa shape index (κ1) is 17.5. The lowest BCUT2D eigenvalue weighted by molar-refractivity contribution is -0.122. The third-order valence-electron chi connectivity index (χ3n) is 3.48. The maximum atomic E-state index is 13.9. The van der Waals surface area contributed by atoms with Crippen LogP contribution in [0.25, 0.3) is 0 Å². The molecule has 2 aromatic rings. The van der Waals surface area contributed by atoms with E-state index in [0.717, 1.165) is 0 Å². The van der Waals surface area contributed by atoms with E-state index in [4.69, 9.17) is 4.42 Å². The van der Waals surface area contributed by atoms with Crippen molar-refractivity contribution in [3.05, 3.63) is 53.7 Å². The van der Waals surface area contributed by atoms with Gasteiger partial charge in [-0.2, -0.15) is 0 Å². The van der Waals surface area contributed by atoms with Crippen LogP contribution < -0.4 is 15.5 Å². The molecule has 1 aromatic carbocycles. The van der Waals surface area contributed by atoms with Crippen molar-refractivity contribution in [3.8, 4) is 0 Å². The fourth-order valence-electron chi connectivity index (χ4n) is 2.10. The lowest BCUT2D eigenvalue weighted by Crippen LogP contribution is -2.44. The molecule has 0 unspecified atom stereocenters. The SMILES string of the molecule is C[C@H](NC(=O)c1ccoc1)C(=O)NCc1ccc(N(C)C)c(F)c1. The summed E-state index contributed by atoms with van der Waals surface area (Å²) in [5, 5.41) is 5.23. The van der Waals surface area contributed by atoms with E-state index in [1.165, 1.54) is 24.7 Å². The molecule has 128 valence electrons. The summed E-state index contributed by atoms with van der Waals surface area (Å²) < 4.78 is 18.7. The molecule has 2 N–H and O–H groups in total. The van der Waals surface area contributed by atoms with Gasteiger partial charge in [-0.15, -0.1) is 0 Å². The van der Waals surface area contributed by atoms with E-state index in [-0.39, 0.29) is 18.3 Å². The minimum absolute atomic E-state index is 0.176. The molecule has 0 spiro atoms. The minimum Gasteiger partial charge on any atom is -0.472 e. The van der Waals surface area contributed by atoms with Crippen LogP contribution in [0.5, 0.6) is 0 Å². The summed E-state index contributed by atoms with van der Waals surface area (Å²) in [6.45, 7) is 1.75. The standard InChI is InChI=1S/C17H20FN3O3/c1-11(20-17(23)13-6-7-24-10-13)16(22)19-9-12-4-5-15(21(2)3)14(18)8-12/h4-8,10-11H,9H2,1-3H3,(H,19,22)(H,20,23)/t11-/m0/s1. The number of carbonyl (C=O) groups is 2. The fraction of sp³-hybridized carbons (Fsp3) is 0.294. The predicted octanol–water partition coefficient (Wildman–Crippen LogP) is 1.92. The van der Waals surface area contributed by atoms with Gasteiger partial charge >= 0.3 is 0 Å². The molecule has 24 heavy (non-hydrogen) atoms. The summed E-state index contributed by atoms with van der Waals surface area (Å²) in [7, 11) is 3.51. The van der Waals surface area contributed by atoms with Crippen molar-refractivity contribution in [3.63, 3.8) is 0 Å². The monoisotopic (exact) mass is 333 g/mol. The third kappa shape index (κ3) is 4.34. The molecule has 1 atom stereocenters. The highest BCUT2D eigenvalue weighted by Gasteiger charge is 2.17. The first-order valence-corrected chi connectivity index (χ1v) is 7.45. The van der Waals surface area contributed by atoms with Crippen molar-refractivity contribution in [2.24, 2.45) is 0 Å². The van der Waals surface area contributed by atoms with E-state index in [0.29, 0.717) is 16.8 Å². The number of carbonyl (C=O) groups excluding carboxylic acids is 2. The van der Waals surface area contributed by atoms with E-state index < -0.39 is 11.9 Å². The quantitative estimate of drug-likeness (QED) is 0.847. The molecule has 0 aliphatic carbocycles. The molecule has 0 radical (unpaired) electrons. The summed E-state index contributed by atoms with van der Waals surface area (Å²) in [6.07, 6.45) is 2.68. The molecular formula is C17H20FN3O3.